The quantitative estimate of drug-likeness (QED) is 0.792. The molecular formula is C13H21N5O. The zero-order valence-corrected chi connectivity index (χ0v) is 11.5. The van der Waals surface area contributed by atoms with Crippen LogP contribution in [0.4, 0.5) is 5.69 Å². The molecular weight excluding hydrogens is 242 g/mol. The first-order chi connectivity index (χ1) is 9.22. The van der Waals surface area contributed by atoms with Crippen molar-refractivity contribution in [2.75, 3.05) is 11.9 Å². The lowest BCUT2D eigenvalue weighted by atomic mass is 10.3. The number of anilines is 1. The van der Waals surface area contributed by atoms with Gasteiger partial charge in [0.15, 0.2) is 0 Å². The predicted octanol–water partition coefficient (Wildman–Crippen LogP) is 1.40. The molecule has 0 aromatic carbocycles. The highest BCUT2D eigenvalue weighted by Gasteiger charge is 2.05. The van der Waals surface area contributed by atoms with E-state index in [9.17, 15) is 0 Å². The van der Waals surface area contributed by atoms with Gasteiger partial charge in [-0.15, -0.1) is 0 Å². The van der Waals surface area contributed by atoms with E-state index >= 15 is 0 Å². The van der Waals surface area contributed by atoms with E-state index in [-0.39, 0.29) is 6.61 Å². The van der Waals surface area contributed by atoms with Crippen LogP contribution in [0.15, 0.2) is 18.5 Å². The molecule has 19 heavy (non-hydrogen) atoms. The van der Waals surface area contributed by atoms with Crippen molar-refractivity contribution in [3.8, 4) is 0 Å². The molecule has 0 unspecified atom stereocenters. The second kappa shape index (κ2) is 6.38. The average molecular weight is 263 g/mol. The number of aliphatic hydroxyl groups is 1. The number of hydrogen-bond donors (Lipinski definition) is 2. The molecule has 0 saturated carbocycles. The third-order valence-electron chi connectivity index (χ3n) is 2.86. The molecule has 0 aliphatic rings. The lowest BCUT2D eigenvalue weighted by Crippen LogP contribution is -2.08. The van der Waals surface area contributed by atoms with Gasteiger partial charge in [0.05, 0.1) is 43.0 Å². The van der Waals surface area contributed by atoms with E-state index in [4.69, 9.17) is 5.11 Å². The van der Waals surface area contributed by atoms with Crippen LogP contribution in [0.2, 0.25) is 0 Å². The Morgan fingerprint density at radius 2 is 2.21 bits per heavy atom. The third-order valence-corrected chi connectivity index (χ3v) is 2.86. The first-order valence-electron chi connectivity index (χ1n) is 6.63. The Morgan fingerprint density at radius 3 is 2.95 bits per heavy atom. The van der Waals surface area contributed by atoms with Crippen LogP contribution in [0, 0.1) is 6.92 Å². The van der Waals surface area contributed by atoms with E-state index in [0.29, 0.717) is 6.54 Å². The van der Waals surface area contributed by atoms with Gasteiger partial charge in [-0.3, -0.25) is 9.36 Å². The van der Waals surface area contributed by atoms with Crippen LogP contribution in [-0.2, 0) is 19.6 Å². The maximum atomic E-state index is 8.84. The minimum Gasteiger partial charge on any atom is -0.394 e. The zero-order chi connectivity index (χ0) is 13.7. The monoisotopic (exact) mass is 263 g/mol. The molecule has 2 N–H and O–H groups in total. The summed E-state index contributed by atoms with van der Waals surface area (Å²) in [5, 5.41) is 20.8. The molecule has 2 aromatic heterocycles. The fourth-order valence-electron chi connectivity index (χ4n) is 2.02. The van der Waals surface area contributed by atoms with Crippen LogP contribution in [0.1, 0.15) is 24.7 Å². The fraction of sp³-hybridized carbons (Fsp3) is 0.538. The Bertz CT molecular complexity index is 517. The smallest absolute Gasteiger partial charge is 0.0729 e. The largest absolute Gasteiger partial charge is 0.394 e. The van der Waals surface area contributed by atoms with E-state index in [1.54, 1.807) is 10.9 Å². The van der Waals surface area contributed by atoms with Gasteiger partial charge in [0, 0.05) is 12.7 Å². The van der Waals surface area contributed by atoms with Gasteiger partial charge in [-0.05, 0) is 19.4 Å². The number of rotatable bonds is 7. The lowest BCUT2D eigenvalue weighted by Gasteiger charge is -2.07. The highest BCUT2D eigenvalue weighted by Crippen LogP contribution is 2.10. The summed E-state index contributed by atoms with van der Waals surface area (Å²) in [6.45, 7) is 6.44. The lowest BCUT2D eigenvalue weighted by molar-refractivity contribution is 0.269. The van der Waals surface area contributed by atoms with Crippen molar-refractivity contribution in [3.05, 3.63) is 29.8 Å². The summed E-state index contributed by atoms with van der Waals surface area (Å²) < 4.78 is 3.76. The second-order valence-electron chi connectivity index (χ2n) is 4.57. The van der Waals surface area contributed by atoms with Crippen LogP contribution in [0.5, 0.6) is 0 Å². The van der Waals surface area contributed by atoms with E-state index < -0.39 is 0 Å². The van der Waals surface area contributed by atoms with Crippen LogP contribution < -0.4 is 5.32 Å². The molecule has 0 aliphatic carbocycles. The Kier molecular flexibility index (Phi) is 4.57. The summed E-state index contributed by atoms with van der Waals surface area (Å²) in [5.41, 5.74) is 3.17. The van der Waals surface area contributed by atoms with Gasteiger partial charge < -0.3 is 10.4 Å². The number of aromatic nitrogens is 4. The van der Waals surface area contributed by atoms with Gasteiger partial charge in [0.1, 0.15) is 0 Å². The number of aryl methyl sites for hydroxylation is 2. The molecule has 6 nitrogen and oxygen atoms in total. The van der Waals surface area contributed by atoms with Gasteiger partial charge >= 0.3 is 0 Å². The molecule has 0 aliphatic heterocycles. The molecule has 0 amide bonds. The molecule has 2 aromatic rings. The molecule has 0 radical (unpaired) electrons. The summed E-state index contributed by atoms with van der Waals surface area (Å²) in [4.78, 5) is 0. The zero-order valence-electron chi connectivity index (χ0n) is 11.5. The third kappa shape index (κ3) is 3.57. The van der Waals surface area contributed by atoms with Crippen molar-refractivity contribution in [3.63, 3.8) is 0 Å². The van der Waals surface area contributed by atoms with Crippen molar-refractivity contribution in [2.45, 2.75) is 39.9 Å². The molecule has 0 saturated heterocycles. The molecule has 104 valence electrons. The van der Waals surface area contributed by atoms with Crippen LogP contribution in [0.3, 0.4) is 0 Å². The maximum absolute atomic E-state index is 8.84. The molecule has 0 bridgehead atoms. The number of hydrogen-bond acceptors (Lipinski definition) is 4. The topological polar surface area (TPSA) is 67.9 Å². The first-order valence-corrected chi connectivity index (χ1v) is 6.63. The number of nitrogens with zero attached hydrogens (tertiary/aromatic N) is 4. The second-order valence-corrected chi connectivity index (χ2v) is 4.57. The Labute approximate surface area is 113 Å². The SMILES string of the molecule is CCCn1nc(C)cc1CNc1cnn(CCO)c1. The van der Waals surface area contributed by atoms with Crippen LogP contribution >= 0.6 is 0 Å². The minimum atomic E-state index is 0.101. The average Bonchev–Trinajstić information content (AvgIpc) is 2.95. The van der Waals surface area contributed by atoms with E-state index in [1.165, 1.54) is 5.69 Å². The van der Waals surface area contributed by atoms with Gasteiger partial charge in [0.2, 0.25) is 0 Å². The molecule has 0 fully saturated rings. The molecule has 0 atom stereocenters. The summed E-state index contributed by atoms with van der Waals surface area (Å²) in [6, 6.07) is 2.10. The van der Waals surface area contributed by atoms with E-state index in [2.05, 4.69) is 28.5 Å². The number of nitrogens with one attached hydrogen (secondary N) is 1. The predicted molar refractivity (Wildman–Crippen MR) is 73.9 cm³/mol. The summed E-state index contributed by atoms with van der Waals surface area (Å²) in [6.07, 6.45) is 4.73. The van der Waals surface area contributed by atoms with Crippen molar-refractivity contribution < 1.29 is 5.11 Å². The maximum Gasteiger partial charge on any atom is 0.0729 e. The van der Waals surface area contributed by atoms with E-state index in [1.807, 2.05) is 17.8 Å². The van der Waals surface area contributed by atoms with Crippen molar-refractivity contribution in [2.24, 2.45) is 0 Å². The standard InChI is InChI=1S/C13H21N5O/c1-3-4-18-13(7-11(2)16-18)9-14-12-8-15-17(10-12)5-6-19/h7-8,10,14,19H,3-6,9H2,1-2H3. The summed E-state index contributed by atoms with van der Waals surface area (Å²) >= 11 is 0. The highest BCUT2D eigenvalue weighted by molar-refractivity contribution is 5.38. The van der Waals surface area contributed by atoms with Gasteiger partial charge in [-0.2, -0.15) is 10.2 Å². The Hall–Kier alpha value is -1.82. The fourth-order valence-corrected chi connectivity index (χ4v) is 2.02. The molecule has 2 heterocycles. The van der Waals surface area contributed by atoms with Crippen LogP contribution in [0.25, 0.3) is 0 Å². The van der Waals surface area contributed by atoms with Crippen molar-refractivity contribution in [1.82, 2.24) is 19.6 Å². The Morgan fingerprint density at radius 1 is 1.37 bits per heavy atom. The summed E-state index contributed by atoms with van der Waals surface area (Å²) in [7, 11) is 0. The van der Waals surface area contributed by atoms with Gasteiger partial charge in [-0.25, -0.2) is 0 Å². The van der Waals surface area contributed by atoms with Crippen molar-refractivity contribution in [1.29, 1.82) is 0 Å². The van der Waals surface area contributed by atoms with Gasteiger partial charge in [0.25, 0.3) is 0 Å². The van der Waals surface area contributed by atoms with Gasteiger partial charge in [-0.1, -0.05) is 6.92 Å². The number of aliphatic hydroxyl groups excluding tert-OH is 1. The highest BCUT2D eigenvalue weighted by atomic mass is 16.3. The minimum absolute atomic E-state index is 0.101. The summed E-state index contributed by atoms with van der Waals surface area (Å²) in [5.74, 6) is 0. The molecule has 2 rings (SSSR count). The van der Waals surface area contributed by atoms with Crippen molar-refractivity contribution >= 4 is 5.69 Å². The van der Waals surface area contributed by atoms with E-state index in [0.717, 1.165) is 30.9 Å². The first kappa shape index (κ1) is 13.6. The normalized spacial score (nSPS) is 10.9. The molecule has 6 heteroatoms. The van der Waals surface area contributed by atoms with Crippen LogP contribution in [-0.4, -0.2) is 31.3 Å². The molecule has 0 spiro atoms. The Balaban J connectivity index is 1.97.